The van der Waals surface area contributed by atoms with Crippen LogP contribution < -0.4 is 4.90 Å². The van der Waals surface area contributed by atoms with Crippen molar-refractivity contribution in [3.05, 3.63) is 102 Å². The Bertz CT molecular complexity index is 1040. The van der Waals surface area contributed by atoms with Crippen molar-refractivity contribution in [1.29, 1.82) is 0 Å². The van der Waals surface area contributed by atoms with Crippen molar-refractivity contribution in [2.24, 2.45) is 5.92 Å². The lowest BCUT2D eigenvalue weighted by Crippen LogP contribution is -2.31. The van der Waals surface area contributed by atoms with Crippen LogP contribution in [0.1, 0.15) is 27.4 Å². The van der Waals surface area contributed by atoms with E-state index in [-0.39, 0.29) is 23.5 Å². The van der Waals surface area contributed by atoms with Crippen LogP contribution in [0.15, 0.2) is 84.9 Å². The second kappa shape index (κ2) is 5.65. The third-order valence-corrected chi connectivity index (χ3v) is 6.07. The van der Waals surface area contributed by atoms with Crippen molar-refractivity contribution < 1.29 is 9.59 Å². The van der Waals surface area contributed by atoms with Gasteiger partial charge in [0.2, 0.25) is 5.91 Å². The molecule has 0 radical (unpaired) electrons. The number of likely N-dealkylation sites (N-methyl/N-ethyl adjacent to an activating group) is 1. The SMILES string of the molecule is CN1C(=O)[C@@]2(c3ccccc31)[C@@H](C(=O)c1ccccc1)[C@@H]2c1ccccc1. The largest absolute Gasteiger partial charge is 0.314 e. The van der Waals surface area contributed by atoms with Gasteiger partial charge in [-0.05, 0) is 17.2 Å². The number of ketones is 1. The van der Waals surface area contributed by atoms with E-state index >= 15 is 0 Å². The van der Waals surface area contributed by atoms with Crippen LogP contribution in [-0.4, -0.2) is 18.7 Å². The minimum absolute atomic E-state index is 0.0202. The van der Waals surface area contributed by atoms with Crippen LogP contribution in [0.3, 0.4) is 0 Å². The number of fused-ring (bicyclic) bond motifs is 2. The molecule has 132 valence electrons. The van der Waals surface area contributed by atoms with Crippen LogP contribution in [-0.2, 0) is 10.2 Å². The summed E-state index contributed by atoms with van der Waals surface area (Å²) in [5.74, 6) is -0.444. The van der Waals surface area contributed by atoms with E-state index in [2.05, 4.69) is 0 Å². The molecule has 1 saturated carbocycles. The first-order valence-corrected chi connectivity index (χ1v) is 9.19. The van der Waals surface area contributed by atoms with Gasteiger partial charge in [-0.15, -0.1) is 0 Å². The number of anilines is 1. The highest BCUT2D eigenvalue weighted by molar-refractivity contribution is 6.18. The van der Waals surface area contributed by atoms with E-state index in [1.807, 2.05) is 84.9 Å². The van der Waals surface area contributed by atoms with Gasteiger partial charge in [0.05, 0.1) is 5.41 Å². The smallest absolute Gasteiger partial charge is 0.238 e. The predicted octanol–water partition coefficient (Wildman–Crippen LogP) is 4.20. The Morgan fingerprint density at radius 3 is 2.15 bits per heavy atom. The van der Waals surface area contributed by atoms with Crippen LogP contribution in [0.5, 0.6) is 0 Å². The zero-order valence-electron chi connectivity index (χ0n) is 15.0. The number of carbonyl (C=O) groups excluding carboxylic acids is 2. The fourth-order valence-electron chi connectivity index (χ4n) is 4.86. The van der Waals surface area contributed by atoms with E-state index in [1.54, 1.807) is 11.9 Å². The first-order valence-electron chi connectivity index (χ1n) is 9.19. The van der Waals surface area contributed by atoms with Crippen molar-refractivity contribution in [1.82, 2.24) is 0 Å². The molecule has 27 heavy (non-hydrogen) atoms. The highest BCUT2D eigenvalue weighted by atomic mass is 16.2. The lowest BCUT2D eigenvalue weighted by atomic mass is 9.90. The molecule has 1 spiro atoms. The molecule has 0 aromatic heterocycles. The molecule has 1 amide bonds. The number of hydrogen-bond donors (Lipinski definition) is 0. The summed E-state index contributed by atoms with van der Waals surface area (Å²) in [6, 6.07) is 27.1. The standard InChI is InChI=1S/C24H19NO2/c1-25-19-15-9-8-14-18(19)24(23(25)27)20(16-10-4-2-5-11-16)21(24)22(26)17-12-6-3-7-13-17/h2-15,20-21H,1H3/t20-,21+,24+/m0/s1. The molecule has 5 rings (SSSR count). The highest BCUT2D eigenvalue weighted by Gasteiger charge is 2.76. The molecule has 1 aliphatic heterocycles. The summed E-state index contributed by atoms with van der Waals surface area (Å²) < 4.78 is 0. The lowest BCUT2D eigenvalue weighted by molar-refractivity contribution is -0.120. The van der Waals surface area contributed by atoms with Crippen molar-refractivity contribution in [3.8, 4) is 0 Å². The second-order valence-electron chi connectivity index (χ2n) is 7.35. The van der Waals surface area contributed by atoms with Gasteiger partial charge < -0.3 is 4.90 Å². The fourth-order valence-corrected chi connectivity index (χ4v) is 4.86. The number of amides is 1. The molecular weight excluding hydrogens is 334 g/mol. The minimum Gasteiger partial charge on any atom is -0.314 e. The van der Waals surface area contributed by atoms with Gasteiger partial charge >= 0.3 is 0 Å². The van der Waals surface area contributed by atoms with Gasteiger partial charge in [-0.1, -0.05) is 78.9 Å². The molecule has 0 saturated heterocycles. The van der Waals surface area contributed by atoms with Crippen molar-refractivity contribution in [3.63, 3.8) is 0 Å². The van der Waals surface area contributed by atoms with Crippen LogP contribution in [0.25, 0.3) is 0 Å². The average molecular weight is 353 g/mol. The zero-order valence-corrected chi connectivity index (χ0v) is 15.0. The number of carbonyl (C=O) groups is 2. The summed E-state index contributed by atoms with van der Waals surface area (Å²) in [7, 11) is 1.81. The lowest BCUT2D eigenvalue weighted by Gasteiger charge is -2.12. The van der Waals surface area contributed by atoms with E-state index in [4.69, 9.17) is 0 Å². The van der Waals surface area contributed by atoms with E-state index < -0.39 is 5.41 Å². The molecular formula is C24H19NO2. The Morgan fingerprint density at radius 2 is 1.44 bits per heavy atom. The van der Waals surface area contributed by atoms with Crippen molar-refractivity contribution in [2.45, 2.75) is 11.3 Å². The third kappa shape index (κ3) is 2.02. The molecule has 1 fully saturated rings. The summed E-state index contributed by atoms with van der Waals surface area (Å²) in [4.78, 5) is 28.6. The summed E-state index contributed by atoms with van der Waals surface area (Å²) in [6.07, 6.45) is 0. The fraction of sp³-hybridized carbons (Fsp3) is 0.167. The van der Waals surface area contributed by atoms with Gasteiger partial charge in [-0.2, -0.15) is 0 Å². The Morgan fingerprint density at radius 1 is 0.852 bits per heavy atom. The normalized spacial score (nSPS) is 25.5. The first kappa shape index (κ1) is 16.0. The Kier molecular flexibility index (Phi) is 3.35. The predicted molar refractivity (Wildman–Crippen MR) is 105 cm³/mol. The highest BCUT2D eigenvalue weighted by Crippen LogP contribution is 2.71. The van der Waals surface area contributed by atoms with Crippen molar-refractivity contribution in [2.75, 3.05) is 11.9 Å². The molecule has 3 heteroatoms. The number of para-hydroxylation sites is 1. The van der Waals surface area contributed by atoms with Gasteiger partial charge in [0.25, 0.3) is 0 Å². The number of hydrogen-bond acceptors (Lipinski definition) is 2. The number of Topliss-reactive ketones (excluding diaryl/α,β-unsaturated/α-hetero) is 1. The van der Waals surface area contributed by atoms with Crippen LogP contribution in [0.2, 0.25) is 0 Å². The molecule has 3 aromatic rings. The molecule has 0 bridgehead atoms. The molecule has 2 aliphatic rings. The van der Waals surface area contributed by atoms with E-state index in [0.717, 1.165) is 16.8 Å². The van der Waals surface area contributed by atoms with Gasteiger partial charge in [-0.3, -0.25) is 9.59 Å². The number of nitrogens with zero attached hydrogens (tertiary/aromatic N) is 1. The monoisotopic (exact) mass is 353 g/mol. The molecule has 0 unspecified atom stereocenters. The van der Waals surface area contributed by atoms with E-state index in [9.17, 15) is 9.59 Å². The Hall–Kier alpha value is -3.20. The molecule has 1 aliphatic carbocycles. The van der Waals surface area contributed by atoms with Crippen molar-refractivity contribution >= 4 is 17.4 Å². The van der Waals surface area contributed by atoms with E-state index in [0.29, 0.717) is 5.56 Å². The third-order valence-electron chi connectivity index (χ3n) is 6.07. The van der Waals surface area contributed by atoms with Crippen LogP contribution in [0.4, 0.5) is 5.69 Å². The molecule has 1 heterocycles. The van der Waals surface area contributed by atoms with E-state index in [1.165, 1.54) is 0 Å². The Labute approximate surface area is 158 Å². The second-order valence-corrected chi connectivity index (χ2v) is 7.35. The van der Waals surface area contributed by atoms with Crippen LogP contribution in [0, 0.1) is 5.92 Å². The molecule has 3 aromatic carbocycles. The topological polar surface area (TPSA) is 37.4 Å². The molecule has 0 N–H and O–H groups in total. The Balaban J connectivity index is 1.70. The molecule has 3 nitrogen and oxygen atoms in total. The van der Waals surface area contributed by atoms with Gasteiger partial charge in [0.1, 0.15) is 0 Å². The summed E-state index contributed by atoms with van der Waals surface area (Å²) in [5, 5.41) is 0. The summed E-state index contributed by atoms with van der Waals surface area (Å²) in [6.45, 7) is 0. The number of benzene rings is 3. The average Bonchev–Trinajstić information content (AvgIpc) is 3.39. The first-order chi connectivity index (χ1) is 13.2. The number of rotatable bonds is 3. The van der Waals surface area contributed by atoms with Gasteiger partial charge in [0, 0.05) is 30.1 Å². The zero-order chi connectivity index (χ0) is 18.6. The maximum Gasteiger partial charge on any atom is 0.238 e. The maximum atomic E-state index is 13.4. The summed E-state index contributed by atoms with van der Waals surface area (Å²) >= 11 is 0. The van der Waals surface area contributed by atoms with Gasteiger partial charge in [-0.25, -0.2) is 0 Å². The van der Waals surface area contributed by atoms with Crippen LogP contribution >= 0.6 is 0 Å². The van der Waals surface area contributed by atoms with Gasteiger partial charge in [0.15, 0.2) is 5.78 Å². The maximum absolute atomic E-state index is 13.4. The molecule has 3 atom stereocenters. The quantitative estimate of drug-likeness (QED) is 0.662. The minimum atomic E-state index is -0.792. The summed E-state index contributed by atoms with van der Waals surface area (Å²) in [5.41, 5.74) is 2.80.